The van der Waals surface area contributed by atoms with Crippen molar-refractivity contribution in [3.05, 3.63) is 0 Å². The van der Waals surface area contributed by atoms with Gasteiger partial charge in [0.15, 0.2) is 0 Å². The van der Waals surface area contributed by atoms with Crippen molar-refractivity contribution in [1.82, 2.24) is 4.90 Å². The minimum absolute atomic E-state index is 0.00372. The second-order valence-electron chi connectivity index (χ2n) is 6.18. The summed E-state index contributed by atoms with van der Waals surface area (Å²) in [5, 5.41) is 0. The maximum absolute atomic E-state index is 12.2. The Morgan fingerprint density at radius 3 is 1.89 bits per heavy atom. The Hall–Kier alpha value is -0.730. The molecule has 0 bridgehead atoms. The van der Waals surface area contributed by atoms with Crippen molar-refractivity contribution in [3.8, 4) is 0 Å². The minimum Gasteiger partial charge on any atom is -0.446 e. The van der Waals surface area contributed by atoms with Crippen molar-refractivity contribution in [3.63, 3.8) is 0 Å². The molecule has 0 aliphatic heterocycles. The van der Waals surface area contributed by atoms with Crippen molar-refractivity contribution in [2.45, 2.75) is 61.0 Å². The summed E-state index contributed by atoms with van der Waals surface area (Å²) >= 11 is 0. The van der Waals surface area contributed by atoms with E-state index in [0.717, 1.165) is 19.5 Å². The van der Waals surface area contributed by atoms with Crippen LogP contribution in [-0.4, -0.2) is 30.2 Å². The van der Waals surface area contributed by atoms with Crippen LogP contribution in [0, 0.1) is 17.8 Å². The highest BCUT2D eigenvalue weighted by Gasteiger charge is 2.25. The summed E-state index contributed by atoms with van der Waals surface area (Å²) < 4.78 is 5.68. The number of carbonyl (C=O) groups excluding carboxylic acids is 1. The van der Waals surface area contributed by atoms with Crippen LogP contribution in [0.25, 0.3) is 0 Å². The Bertz CT molecular complexity index is 229. The Morgan fingerprint density at radius 2 is 1.56 bits per heavy atom. The standard InChI is InChI=1S/C15H31NO2/c1-8-9-16(10-11(2)3)15(17)18-14(12(4)5)13(6)7/h11-14H,8-10H2,1-7H3. The molecule has 0 N–H and O–H groups in total. The van der Waals surface area contributed by atoms with E-state index in [4.69, 9.17) is 4.74 Å². The van der Waals surface area contributed by atoms with E-state index in [1.54, 1.807) is 0 Å². The summed E-state index contributed by atoms with van der Waals surface area (Å²) in [5.74, 6) is 1.19. The van der Waals surface area contributed by atoms with Crippen molar-refractivity contribution in [2.24, 2.45) is 17.8 Å². The van der Waals surface area contributed by atoms with Gasteiger partial charge in [0, 0.05) is 13.1 Å². The van der Waals surface area contributed by atoms with Gasteiger partial charge in [-0.25, -0.2) is 4.79 Å². The van der Waals surface area contributed by atoms with E-state index in [1.165, 1.54) is 0 Å². The van der Waals surface area contributed by atoms with Gasteiger partial charge in [-0.05, 0) is 24.2 Å². The molecular weight excluding hydrogens is 226 g/mol. The molecule has 0 aliphatic carbocycles. The second-order valence-corrected chi connectivity index (χ2v) is 6.18. The first-order valence-electron chi connectivity index (χ1n) is 7.25. The Balaban J connectivity index is 4.56. The molecule has 18 heavy (non-hydrogen) atoms. The molecule has 0 aromatic heterocycles. The van der Waals surface area contributed by atoms with Gasteiger partial charge in [0.05, 0.1) is 0 Å². The molecule has 3 nitrogen and oxygen atoms in total. The maximum atomic E-state index is 12.2. The summed E-state index contributed by atoms with van der Waals surface area (Å²) in [5.41, 5.74) is 0. The molecule has 0 heterocycles. The molecule has 108 valence electrons. The quantitative estimate of drug-likeness (QED) is 0.685. The molecule has 0 saturated carbocycles. The van der Waals surface area contributed by atoms with Crippen LogP contribution in [0.3, 0.4) is 0 Å². The van der Waals surface area contributed by atoms with Crippen molar-refractivity contribution in [1.29, 1.82) is 0 Å². The van der Waals surface area contributed by atoms with Crippen molar-refractivity contribution in [2.75, 3.05) is 13.1 Å². The van der Waals surface area contributed by atoms with E-state index in [0.29, 0.717) is 17.8 Å². The number of nitrogens with zero attached hydrogens (tertiary/aromatic N) is 1. The van der Waals surface area contributed by atoms with Crippen LogP contribution in [0.4, 0.5) is 4.79 Å². The molecule has 0 radical (unpaired) electrons. The smallest absolute Gasteiger partial charge is 0.410 e. The Kier molecular flexibility index (Phi) is 8.05. The highest BCUT2D eigenvalue weighted by molar-refractivity contribution is 5.67. The summed E-state index contributed by atoms with van der Waals surface area (Å²) in [7, 11) is 0. The van der Waals surface area contributed by atoms with E-state index in [1.807, 2.05) is 4.90 Å². The van der Waals surface area contributed by atoms with Gasteiger partial charge in [0.1, 0.15) is 6.10 Å². The SMILES string of the molecule is CCCN(CC(C)C)C(=O)OC(C(C)C)C(C)C. The van der Waals surface area contributed by atoms with Gasteiger partial charge in [-0.15, -0.1) is 0 Å². The van der Waals surface area contributed by atoms with Crippen molar-refractivity contribution >= 4 is 6.09 Å². The lowest BCUT2D eigenvalue weighted by Crippen LogP contribution is -2.40. The van der Waals surface area contributed by atoms with E-state index in [-0.39, 0.29) is 12.2 Å². The first-order valence-corrected chi connectivity index (χ1v) is 7.25. The lowest BCUT2D eigenvalue weighted by atomic mass is 9.96. The predicted molar refractivity (Wildman–Crippen MR) is 76.6 cm³/mol. The fraction of sp³-hybridized carbons (Fsp3) is 0.933. The molecular formula is C15H31NO2. The summed E-state index contributed by atoms with van der Waals surface area (Å²) in [6.07, 6.45) is 0.817. The van der Waals surface area contributed by atoms with Crippen LogP contribution < -0.4 is 0 Å². The molecule has 0 spiro atoms. The first kappa shape index (κ1) is 17.3. The summed E-state index contributed by atoms with van der Waals surface area (Å²) in [6.45, 7) is 16.3. The predicted octanol–water partition coefficient (Wildman–Crippen LogP) is 4.17. The van der Waals surface area contributed by atoms with Crippen LogP contribution in [0.5, 0.6) is 0 Å². The second kappa shape index (κ2) is 8.39. The first-order chi connectivity index (χ1) is 8.29. The fourth-order valence-electron chi connectivity index (χ4n) is 2.20. The number of amides is 1. The third kappa shape index (κ3) is 6.27. The molecule has 0 unspecified atom stereocenters. The van der Waals surface area contributed by atoms with Crippen molar-refractivity contribution < 1.29 is 9.53 Å². The molecule has 0 rings (SSSR count). The van der Waals surface area contributed by atoms with Gasteiger partial charge in [-0.1, -0.05) is 48.5 Å². The van der Waals surface area contributed by atoms with Crippen LogP contribution >= 0.6 is 0 Å². The largest absolute Gasteiger partial charge is 0.446 e. The van der Waals surface area contributed by atoms with Gasteiger partial charge in [0.25, 0.3) is 0 Å². The molecule has 3 heteroatoms. The fourth-order valence-corrected chi connectivity index (χ4v) is 2.20. The monoisotopic (exact) mass is 257 g/mol. The summed E-state index contributed by atoms with van der Waals surface area (Å²) in [4.78, 5) is 14.0. The Morgan fingerprint density at radius 1 is 1.06 bits per heavy atom. The minimum atomic E-state index is -0.155. The average Bonchev–Trinajstić information content (AvgIpc) is 2.23. The zero-order valence-corrected chi connectivity index (χ0v) is 13.2. The third-order valence-corrected chi connectivity index (χ3v) is 2.89. The molecule has 0 aliphatic rings. The van der Waals surface area contributed by atoms with E-state index < -0.39 is 0 Å². The maximum Gasteiger partial charge on any atom is 0.410 e. The number of carbonyl (C=O) groups is 1. The lowest BCUT2D eigenvalue weighted by molar-refractivity contribution is 0.0166. The van der Waals surface area contributed by atoms with Crippen LogP contribution in [0.2, 0.25) is 0 Å². The molecule has 0 atom stereocenters. The molecule has 1 amide bonds. The third-order valence-electron chi connectivity index (χ3n) is 2.89. The topological polar surface area (TPSA) is 29.5 Å². The van der Waals surface area contributed by atoms with Gasteiger partial charge >= 0.3 is 6.09 Å². The number of ether oxygens (including phenoxy) is 1. The number of hydrogen-bond acceptors (Lipinski definition) is 2. The average molecular weight is 257 g/mol. The Labute approximate surface area is 113 Å². The highest BCUT2D eigenvalue weighted by Crippen LogP contribution is 2.18. The molecule has 0 aromatic rings. The van der Waals surface area contributed by atoms with Gasteiger partial charge < -0.3 is 9.64 Å². The van der Waals surface area contributed by atoms with E-state index in [2.05, 4.69) is 48.5 Å². The van der Waals surface area contributed by atoms with E-state index >= 15 is 0 Å². The van der Waals surface area contributed by atoms with Crippen LogP contribution in [0.1, 0.15) is 54.9 Å². The zero-order valence-electron chi connectivity index (χ0n) is 13.2. The van der Waals surface area contributed by atoms with Gasteiger partial charge in [0.2, 0.25) is 0 Å². The van der Waals surface area contributed by atoms with Crippen LogP contribution in [-0.2, 0) is 4.74 Å². The van der Waals surface area contributed by atoms with Gasteiger partial charge in [-0.3, -0.25) is 0 Å². The normalized spacial score (nSPS) is 11.7. The van der Waals surface area contributed by atoms with Crippen LogP contribution in [0.15, 0.2) is 0 Å². The highest BCUT2D eigenvalue weighted by atomic mass is 16.6. The summed E-state index contributed by atoms with van der Waals surface area (Å²) in [6, 6.07) is 0. The van der Waals surface area contributed by atoms with Gasteiger partial charge in [-0.2, -0.15) is 0 Å². The molecule has 0 fully saturated rings. The zero-order chi connectivity index (χ0) is 14.3. The molecule has 0 aromatic carbocycles. The lowest BCUT2D eigenvalue weighted by Gasteiger charge is -2.30. The number of hydrogen-bond donors (Lipinski definition) is 0. The molecule has 0 saturated heterocycles. The van der Waals surface area contributed by atoms with E-state index in [9.17, 15) is 4.79 Å². The number of rotatable bonds is 7.